The van der Waals surface area contributed by atoms with Crippen molar-refractivity contribution in [1.29, 1.82) is 0 Å². The van der Waals surface area contributed by atoms with E-state index in [1.165, 1.54) is 22.9 Å². The van der Waals surface area contributed by atoms with E-state index in [1.54, 1.807) is 0 Å². The SMILES string of the molecule is C=CC1(COP(=O)(O)O)CC(C)(C)C(n2ccc(=O)[nH]c2=O)O1. The lowest BCUT2D eigenvalue weighted by molar-refractivity contribution is -0.0846. The highest BCUT2D eigenvalue weighted by Crippen LogP contribution is 2.51. The van der Waals surface area contributed by atoms with E-state index in [9.17, 15) is 14.2 Å². The highest BCUT2D eigenvalue weighted by molar-refractivity contribution is 7.46. The molecule has 1 aromatic rings. The number of aromatic nitrogens is 2. The summed E-state index contributed by atoms with van der Waals surface area (Å²) in [5.41, 5.74) is -2.90. The molecule has 3 N–H and O–H groups in total. The van der Waals surface area contributed by atoms with E-state index in [2.05, 4.69) is 16.1 Å². The maximum atomic E-state index is 12.0. The zero-order chi connectivity index (χ0) is 17.5. The van der Waals surface area contributed by atoms with Gasteiger partial charge in [-0.3, -0.25) is 18.9 Å². The Morgan fingerprint density at radius 1 is 1.57 bits per heavy atom. The predicted octanol–water partition coefficient (Wildman–Crippen LogP) is 0.516. The Kier molecular flexibility index (Phi) is 4.53. The molecule has 2 heterocycles. The summed E-state index contributed by atoms with van der Waals surface area (Å²) >= 11 is 0. The third-order valence-electron chi connectivity index (χ3n) is 3.72. The van der Waals surface area contributed by atoms with Gasteiger partial charge in [0.05, 0.1) is 6.61 Å². The Hall–Kier alpha value is -1.51. The minimum absolute atomic E-state index is 0.319. The second kappa shape index (κ2) is 5.85. The Morgan fingerprint density at radius 3 is 2.74 bits per heavy atom. The molecule has 0 spiro atoms. The molecule has 1 aromatic heterocycles. The van der Waals surface area contributed by atoms with Crippen molar-refractivity contribution in [3.63, 3.8) is 0 Å². The van der Waals surface area contributed by atoms with E-state index < -0.39 is 42.9 Å². The third-order valence-corrected chi connectivity index (χ3v) is 4.19. The van der Waals surface area contributed by atoms with E-state index >= 15 is 0 Å². The predicted molar refractivity (Wildman–Crippen MR) is 80.8 cm³/mol. The summed E-state index contributed by atoms with van der Waals surface area (Å²) < 4.78 is 22.6. The van der Waals surface area contributed by atoms with Gasteiger partial charge in [-0.2, -0.15) is 0 Å². The van der Waals surface area contributed by atoms with Crippen LogP contribution in [0.4, 0.5) is 0 Å². The topological polar surface area (TPSA) is 131 Å². The molecule has 2 rings (SSSR count). The Balaban J connectivity index is 2.36. The van der Waals surface area contributed by atoms with Crippen LogP contribution in [0.15, 0.2) is 34.5 Å². The molecule has 0 amide bonds. The molecule has 0 saturated carbocycles. The van der Waals surface area contributed by atoms with Crippen molar-refractivity contribution >= 4 is 7.82 Å². The fourth-order valence-corrected chi connectivity index (χ4v) is 3.17. The van der Waals surface area contributed by atoms with Crippen LogP contribution < -0.4 is 11.2 Å². The fourth-order valence-electron chi connectivity index (χ4n) is 2.78. The van der Waals surface area contributed by atoms with Gasteiger partial charge in [0.15, 0.2) is 0 Å². The first-order chi connectivity index (χ1) is 10.5. The molecule has 128 valence electrons. The number of phosphoric ester groups is 1. The van der Waals surface area contributed by atoms with Gasteiger partial charge in [-0.1, -0.05) is 19.9 Å². The van der Waals surface area contributed by atoms with Gasteiger partial charge in [0.2, 0.25) is 0 Å². The van der Waals surface area contributed by atoms with Crippen LogP contribution in [0.1, 0.15) is 26.5 Å². The smallest absolute Gasteiger partial charge is 0.344 e. The average Bonchev–Trinajstić information content (AvgIpc) is 2.68. The van der Waals surface area contributed by atoms with Crippen molar-refractivity contribution in [3.8, 4) is 0 Å². The minimum Gasteiger partial charge on any atom is -0.344 e. The lowest BCUT2D eigenvalue weighted by atomic mass is 9.82. The van der Waals surface area contributed by atoms with E-state index in [-0.39, 0.29) is 0 Å². The van der Waals surface area contributed by atoms with Crippen LogP contribution >= 0.6 is 7.82 Å². The molecule has 0 bridgehead atoms. The lowest BCUT2D eigenvalue weighted by Gasteiger charge is -2.26. The monoisotopic (exact) mass is 346 g/mol. The number of H-pyrrole nitrogens is 1. The van der Waals surface area contributed by atoms with Gasteiger partial charge in [0, 0.05) is 17.7 Å². The van der Waals surface area contributed by atoms with Gasteiger partial charge in [0.25, 0.3) is 5.56 Å². The van der Waals surface area contributed by atoms with Crippen LogP contribution in [0.3, 0.4) is 0 Å². The van der Waals surface area contributed by atoms with Gasteiger partial charge < -0.3 is 14.5 Å². The van der Waals surface area contributed by atoms with Gasteiger partial charge >= 0.3 is 13.5 Å². The van der Waals surface area contributed by atoms with Crippen molar-refractivity contribution in [1.82, 2.24) is 9.55 Å². The highest BCUT2D eigenvalue weighted by Gasteiger charge is 2.51. The summed E-state index contributed by atoms with van der Waals surface area (Å²) in [5.74, 6) is 0. The summed E-state index contributed by atoms with van der Waals surface area (Å²) in [6, 6.07) is 1.20. The molecule has 2 unspecified atom stereocenters. The second-order valence-corrected chi connectivity index (χ2v) is 7.43. The number of hydrogen-bond donors (Lipinski definition) is 3. The lowest BCUT2D eigenvalue weighted by Crippen LogP contribution is -2.36. The number of nitrogens with one attached hydrogen (secondary N) is 1. The molecular formula is C13H19N2O7P. The maximum Gasteiger partial charge on any atom is 0.469 e. The van der Waals surface area contributed by atoms with Crippen LogP contribution in [0.5, 0.6) is 0 Å². The van der Waals surface area contributed by atoms with Crippen LogP contribution in [-0.2, 0) is 13.8 Å². The first-order valence-corrected chi connectivity index (χ1v) is 8.34. The molecular weight excluding hydrogens is 327 g/mol. The molecule has 9 nitrogen and oxygen atoms in total. The van der Waals surface area contributed by atoms with Crippen LogP contribution in [0, 0.1) is 5.41 Å². The van der Waals surface area contributed by atoms with E-state index in [1.807, 2.05) is 13.8 Å². The van der Waals surface area contributed by atoms with E-state index in [0.717, 1.165) is 0 Å². The second-order valence-electron chi connectivity index (χ2n) is 6.19. The normalized spacial score (nSPS) is 27.0. The third kappa shape index (κ3) is 3.88. The Morgan fingerprint density at radius 2 is 2.22 bits per heavy atom. The summed E-state index contributed by atoms with van der Waals surface area (Å²) in [7, 11) is -4.67. The number of hydrogen-bond acceptors (Lipinski definition) is 5. The largest absolute Gasteiger partial charge is 0.469 e. The quantitative estimate of drug-likeness (QED) is 0.523. The van der Waals surface area contributed by atoms with Crippen LogP contribution in [0.2, 0.25) is 0 Å². The number of rotatable bonds is 5. The standard InChI is InChI=1S/C13H19N2O7P/c1-4-13(8-21-23(18,19)20)7-12(2,3)10(22-13)15-6-5-9(16)14-11(15)17/h4-6,10H,1,7-8H2,2-3H3,(H,14,16,17)(H2,18,19,20). The summed E-state index contributed by atoms with van der Waals surface area (Å²) in [4.78, 5) is 43.1. The van der Waals surface area contributed by atoms with Crippen molar-refractivity contribution in [2.24, 2.45) is 5.41 Å². The van der Waals surface area contributed by atoms with Gasteiger partial charge in [0.1, 0.15) is 11.8 Å². The van der Waals surface area contributed by atoms with Crippen molar-refractivity contribution < 1.29 is 23.6 Å². The molecule has 2 atom stereocenters. The number of nitrogens with zero attached hydrogens (tertiary/aromatic N) is 1. The molecule has 1 saturated heterocycles. The van der Waals surface area contributed by atoms with Crippen LogP contribution in [-0.4, -0.2) is 31.5 Å². The Bertz CT molecular complexity index is 762. The van der Waals surface area contributed by atoms with Crippen molar-refractivity contribution in [2.75, 3.05) is 6.61 Å². The molecule has 0 aromatic carbocycles. The summed E-state index contributed by atoms with van der Waals surface area (Å²) in [5, 5.41) is 0. The fraction of sp³-hybridized carbons (Fsp3) is 0.538. The van der Waals surface area contributed by atoms with Gasteiger partial charge in [-0.25, -0.2) is 9.36 Å². The zero-order valence-electron chi connectivity index (χ0n) is 12.8. The maximum absolute atomic E-state index is 12.0. The molecule has 0 radical (unpaired) electrons. The molecule has 10 heteroatoms. The summed E-state index contributed by atoms with van der Waals surface area (Å²) in [6.45, 7) is 6.90. The van der Waals surface area contributed by atoms with Crippen molar-refractivity contribution in [2.45, 2.75) is 32.1 Å². The summed E-state index contributed by atoms with van der Waals surface area (Å²) in [6.07, 6.45) is 2.28. The number of ether oxygens (including phenoxy) is 1. The first kappa shape index (κ1) is 17.8. The molecule has 0 aliphatic carbocycles. The van der Waals surface area contributed by atoms with E-state index in [0.29, 0.717) is 6.42 Å². The van der Waals surface area contributed by atoms with E-state index in [4.69, 9.17) is 14.5 Å². The molecule has 1 aliphatic rings. The Labute approximate surface area is 131 Å². The molecule has 23 heavy (non-hydrogen) atoms. The highest BCUT2D eigenvalue weighted by atomic mass is 31.2. The average molecular weight is 346 g/mol. The number of phosphoric acid groups is 1. The zero-order valence-corrected chi connectivity index (χ0v) is 13.7. The molecule has 1 aliphatic heterocycles. The van der Waals surface area contributed by atoms with Crippen molar-refractivity contribution in [3.05, 3.63) is 45.8 Å². The minimum atomic E-state index is -4.67. The van der Waals surface area contributed by atoms with Gasteiger partial charge in [-0.05, 0) is 6.42 Å². The first-order valence-electron chi connectivity index (χ1n) is 6.81. The van der Waals surface area contributed by atoms with Gasteiger partial charge in [-0.15, -0.1) is 6.58 Å². The number of aromatic amines is 1. The van der Waals surface area contributed by atoms with Crippen LogP contribution in [0.25, 0.3) is 0 Å². The molecule has 1 fully saturated rings.